The van der Waals surface area contributed by atoms with Gasteiger partial charge in [-0.15, -0.1) is 0 Å². The topological polar surface area (TPSA) is 309 Å². The molecule has 0 rings (SSSR count). The van der Waals surface area contributed by atoms with E-state index in [1.807, 2.05) is 0 Å². The van der Waals surface area contributed by atoms with E-state index < -0.39 is 36.6 Å². The van der Waals surface area contributed by atoms with Crippen LogP contribution in [0.4, 0.5) is 0 Å². The van der Waals surface area contributed by atoms with Crippen molar-refractivity contribution < 1.29 is 134 Å². The van der Waals surface area contributed by atoms with E-state index >= 15 is 0 Å². The second kappa shape index (κ2) is 38.3. The number of rotatable bonds is 0. The Morgan fingerprint density at radius 3 is 0.364 bits per heavy atom. The Morgan fingerprint density at radius 2 is 0.364 bits per heavy atom. The van der Waals surface area contributed by atoms with Crippen LogP contribution in [0, 0.1) is 0 Å². The van der Waals surface area contributed by atoms with Crippen LogP contribution in [0.25, 0.3) is 0 Å². The van der Waals surface area contributed by atoms with E-state index in [0.717, 1.165) is 0 Å². The standard InChI is InChI=1S/4BH3O3.BHO3.2Na/c5*2-1(3)4;;/h4*2-4H;2H;;/q;;;;-2;2*+1. The summed E-state index contributed by atoms with van der Waals surface area (Å²) in [6.07, 6.45) is 0. The van der Waals surface area contributed by atoms with Crippen molar-refractivity contribution in [1.82, 2.24) is 0 Å². The molecule has 15 nitrogen and oxygen atoms in total. The molecule has 0 aromatic carbocycles. The Hall–Kier alpha value is 1.72. The summed E-state index contributed by atoms with van der Waals surface area (Å²) in [4.78, 5) is 0. The molecule has 0 atom stereocenters. The molecule has 0 amide bonds. The van der Waals surface area contributed by atoms with Crippen LogP contribution in [-0.4, -0.2) is 102 Å². The average molecular weight is 353 g/mol. The van der Waals surface area contributed by atoms with Crippen molar-refractivity contribution in [3.63, 3.8) is 0 Å². The van der Waals surface area contributed by atoms with Crippen molar-refractivity contribution in [3.05, 3.63) is 0 Å². The summed E-state index contributed by atoms with van der Waals surface area (Å²) in [7, 11) is -11.3. The second-order valence-electron chi connectivity index (χ2n) is 1.69. The Balaban J connectivity index is -0.0000000250. The van der Waals surface area contributed by atoms with Crippen molar-refractivity contribution in [2.24, 2.45) is 0 Å². The summed E-state index contributed by atoms with van der Waals surface area (Å²) < 4.78 is 0. The van der Waals surface area contributed by atoms with E-state index in [-0.39, 0.29) is 59.1 Å². The van der Waals surface area contributed by atoms with Gasteiger partial charge in [-0.2, -0.15) is 0 Å². The SMILES string of the molecule is OB(O)O.OB(O)O.OB(O)O.OB(O)O.[Na+].[Na+].[O-]B([O-])O. The summed E-state index contributed by atoms with van der Waals surface area (Å²) in [5.41, 5.74) is 0. The van der Waals surface area contributed by atoms with Gasteiger partial charge in [0.25, 0.3) is 0 Å². The summed E-state index contributed by atoms with van der Waals surface area (Å²) in [5.74, 6) is 0. The van der Waals surface area contributed by atoms with E-state index in [9.17, 15) is 0 Å². The first kappa shape index (κ1) is 43.8. The van der Waals surface area contributed by atoms with Gasteiger partial charge in [0.05, 0.1) is 7.32 Å². The van der Waals surface area contributed by atoms with Crippen LogP contribution in [0.15, 0.2) is 0 Å². The van der Waals surface area contributed by atoms with Gasteiger partial charge in [-0.05, 0) is 0 Å². The van der Waals surface area contributed by atoms with Crippen molar-refractivity contribution in [3.8, 4) is 0 Å². The molecule has 0 saturated heterocycles. The predicted octanol–water partition coefficient (Wildman–Crippen LogP) is -17.5. The molecule has 0 aliphatic heterocycles. The molecule has 0 aromatic rings. The molecule has 0 heterocycles. The van der Waals surface area contributed by atoms with Gasteiger partial charge in [-0.25, -0.2) is 0 Å². The molecule has 0 saturated carbocycles. The zero-order valence-corrected chi connectivity index (χ0v) is 15.5. The van der Waals surface area contributed by atoms with E-state index in [0.29, 0.717) is 0 Å². The first-order chi connectivity index (χ1) is 8.66. The third-order valence-electron chi connectivity index (χ3n) is 0. The largest absolute Gasteiger partial charge is 1.00 e. The fraction of sp³-hybridized carbons (Fsp3) is 0. The second-order valence-corrected chi connectivity index (χ2v) is 1.69. The molecule has 0 aliphatic carbocycles. The predicted molar refractivity (Wildman–Crippen MR) is 57.6 cm³/mol. The van der Waals surface area contributed by atoms with Crippen molar-refractivity contribution in [1.29, 1.82) is 0 Å². The van der Waals surface area contributed by atoms with Crippen LogP contribution in [0.5, 0.6) is 0 Å². The van der Waals surface area contributed by atoms with Gasteiger partial charge in [0, 0.05) is 0 Å². The number of hydrogen-bond acceptors (Lipinski definition) is 15. The first-order valence-electron chi connectivity index (χ1n) is 3.83. The minimum absolute atomic E-state index is 0. The van der Waals surface area contributed by atoms with E-state index in [1.165, 1.54) is 0 Å². The molecule has 0 bridgehead atoms. The minimum Gasteiger partial charge on any atom is -0.871 e. The molecule has 0 spiro atoms. The van der Waals surface area contributed by atoms with Crippen LogP contribution in [0.1, 0.15) is 0 Å². The molecular formula is H13B5Na2O15. The fourth-order valence-corrected chi connectivity index (χ4v) is 0. The maximum atomic E-state index is 8.53. The smallest absolute Gasteiger partial charge is 0.871 e. The quantitative estimate of drug-likeness (QED) is 0.180. The maximum absolute atomic E-state index is 8.53. The van der Waals surface area contributed by atoms with Gasteiger partial charge in [-0.3, -0.25) is 0 Å². The molecule has 22 heavy (non-hydrogen) atoms. The van der Waals surface area contributed by atoms with E-state index in [1.54, 1.807) is 0 Å². The first-order valence-corrected chi connectivity index (χ1v) is 3.83. The summed E-state index contributed by atoms with van der Waals surface area (Å²) in [6, 6.07) is 0. The van der Waals surface area contributed by atoms with Crippen molar-refractivity contribution in [2.75, 3.05) is 0 Å². The van der Waals surface area contributed by atoms with Crippen LogP contribution < -0.4 is 69.2 Å². The van der Waals surface area contributed by atoms with Gasteiger partial charge in [0.2, 0.25) is 0 Å². The van der Waals surface area contributed by atoms with Gasteiger partial charge in [0.15, 0.2) is 0 Å². The van der Waals surface area contributed by atoms with Crippen molar-refractivity contribution in [2.45, 2.75) is 0 Å². The van der Waals surface area contributed by atoms with Gasteiger partial charge in [0.1, 0.15) is 0 Å². The molecule has 0 fully saturated rings. The van der Waals surface area contributed by atoms with Crippen LogP contribution in [-0.2, 0) is 0 Å². The molecule has 0 unspecified atom stereocenters. The fourth-order valence-electron chi connectivity index (χ4n) is 0. The van der Waals surface area contributed by atoms with Gasteiger partial charge >= 0.3 is 88.4 Å². The Bertz CT molecular complexity index is 84.5. The monoisotopic (exact) mass is 354 g/mol. The van der Waals surface area contributed by atoms with E-state index in [2.05, 4.69) is 0 Å². The molecule has 13 N–H and O–H groups in total. The van der Waals surface area contributed by atoms with Crippen LogP contribution >= 0.6 is 0 Å². The zero-order valence-electron chi connectivity index (χ0n) is 11.5. The van der Waals surface area contributed by atoms with Crippen LogP contribution in [0.3, 0.4) is 0 Å². The summed E-state index contributed by atoms with van der Waals surface area (Å²) >= 11 is 0. The molecule has 0 aromatic heterocycles. The zero-order chi connectivity index (χ0) is 17.9. The normalized spacial score (nSPS) is 6.14. The Kier molecular flexibility index (Phi) is 76.3. The average Bonchev–Trinajstić information content (AvgIpc) is 1.94. The van der Waals surface area contributed by atoms with E-state index in [4.69, 9.17) is 75.4 Å². The Labute approximate surface area is 170 Å². The molecule has 0 radical (unpaired) electrons. The maximum Gasteiger partial charge on any atom is 1.00 e. The van der Waals surface area contributed by atoms with Gasteiger partial charge in [-0.1, -0.05) is 0 Å². The van der Waals surface area contributed by atoms with Crippen LogP contribution in [0.2, 0.25) is 0 Å². The number of hydrogen-bond donors (Lipinski definition) is 13. The summed E-state index contributed by atoms with van der Waals surface area (Å²) in [6.45, 7) is 0. The molecular weight excluding hydrogens is 340 g/mol. The molecule has 22 heteroatoms. The van der Waals surface area contributed by atoms with Gasteiger partial charge < -0.3 is 75.4 Å². The summed E-state index contributed by atoms with van der Waals surface area (Å²) in [5, 5.41) is 110. The minimum atomic E-state index is -2.67. The third-order valence-corrected chi connectivity index (χ3v) is 0. The van der Waals surface area contributed by atoms with Crippen molar-refractivity contribution >= 4 is 36.6 Å². The third kappa shape index (κ3) is 3140. The molecule has 0 aliphatic rings. The Morgan fingerprint density at radius 1 is 0.364 bits per heavy atom. The molecule has 120 valence electrons.